The number of ether oxygens (including phenoxy) is 1. The minimum absolute atomic E-state index is 0.0536. The van der Waals surface area contributed by atoms with Crippen LogP contribution in [0.2, 0.25) is 0 Å². The van der Waals surface area contributed by atoms with E-state index >= 15 is 0 Å². The molecule has 1 aromatic rings. The third-order valence-corrected chi connectivity index (χ3v) is 3.82. The van der Waals surface area contributed by atoms with E-state index in [1.54, 1.807) is 0 Å². The van der Waals surface area contributed by atoms with Crippen LogP contribution < -0.4 is 5.32 Å². The van der Waals surface area contributed by atoms with E-state index in [9.17, 15) is 14.4 Å². The molecule has 1 amide bonds. The van der Waals surface area contributed by atoms with Crippen LogP contribution in [-0.4, -0.2) is 23.7 Å². The highest BCUT2D eigenvalue weighted by Crippen LogP contribution is 2.27. The normalized spacial score (nSPS) is 20.7. The summed E-state index contributed by atoms with van der Waals surface area (Å²) in [6.45, 7) is 1.68. The van der Waals surface area contributed by atoms with E-state index in [0.29, 0.717) is 25.7 Å². The van der Waals surface area contributed by atoms with Crippen LogP contribution in [0, 0.1) is 5.92 Å². The van der Waals surface area contributed by atoms with E-state index in [1.807, 2.05) is 30.3 Å². The molecule has 5 heteroatoms. The van der Waals surface area contributed by atoms with Gasteiger partial charge in [-0.05, 0) is 24.3 Å². The molecule has 1 aliphatic carbocycles. The van der Waals surface area contributed by atoms with Gasteiger partial charge in [0.05, 0.1) is 6.04 Å². The number of hydrogen-bond donors (Lipinski definition) is 1. The standard InChI is InChI=1S/C17H21NO4/c1-12(19)18-15-9-14(10-16(15)20)7-8-17(21)22-11-13-5-3-2-4-6-13/h2-6,14-15H,7-11H2,1H3,(H,18,19). The largest absolute Gasteiger partial charge is 0.461 e. The molecule has 1 fully saturated rings. The SMILES string of the molecule is CC(=O)NC1CC(CCC(=O)OCc2ccccc2)CC1=O. The number of hydrogen-bond acceptors (Lipinski definition) is 4. The highest BCUT2D eigenvalue weighted by Gasteiger charge is 2.32. The highest BCUT2D eigenvalue weighted by molar-refractivity contribution is 5.90. The van der Waals surface area contributed by atoms with Gasteiger partial charge in [0.1, 0.15) is 6.61 Å². The summed E-state index contributed by atoms with van der Waals surface area (Å²) in [5, 5.41) is 2.65. The minimum Gasteiger partial charge on any atom is -0.461 e. The van der Waals surface area contributed by atoms with E-state index in [-0.39, 0.29) is 36.2 Å². The van der Waals surface area contributed by atoms with Gasteiger partial charge in [-0.15, -0.1) is 0 Å². The number of carbonyl (C=O) groups excluding carboxylic acids is 3. The van der Waals surface area contributed by atoms with E-state index in [0.717, 1.165) is 5.56 Å². The molecule has 0 radical (unpaired) electrons. The maximum atomic E-state index is 11.7. The molecule has 0 spiro atoms. The van der Waals surface area contributed by atoms with E-state index in [2.05, 4.69) is 5.32 Å². The highest BCUT2D eigenvalue weighted by atomic mass is 16.5. The zero-order chi connectivity index (χ0) is 15.9. The van der Waals surface area contributed by atoms with Gasteiger partial charge < -0.3 is 10.1 Å². The van der Waals surface area contributed by atoms with Crippen molar-refractivity contribution in [3.63, 3.8) is 0 Å². The lowest BCUT2D eigenvalue weighted by molar-refractivity contribution is -0.145. The second-order valence-electron chi connectivity index (χ2n) is 5.71. The zero-order valence-corrected chi connectivity index (χ0v) is 12.7. The summed E-state index contributed by atoms with van der Waals surface area (Å²) in [5.41, 5.74) is 0.956. The molecule has 1 aromatic carbocycles. The first kappa shape index (κ1) is 16.2. The third kappa shape index (κ3) is 4.98. The number of carbonyl (C=O) groups is 3. The van der Waals surface area contributed by atoms with E-state index in [1.165, 1.54) is 6.92 Å². The van der Waals surface area contributed by atoms with Crippen molar-refractivity contribution in [1.29, 1.82) is 0 Å². The van der Waals surface area contributed by atoms with Gasteiger partial charge >= 0.3 is 5.97 Å². The quantitative estimate of drug-likeness (QED) is 0.816. The van der Waals surface area contributed by atoms with Gasteiger partial charge in [0, 0.05) is 19.8 Å². The number of rotatable bonds is 6. The topological polar surface area (TPSA) is 72.5 Å². The monoisotopic (exact) mass is 303 g/mol. The van der Waals surface area contributed by atoms with Gasteiger partial charge in [-0.2, -0.15) is 0 Å². The second kappa shape index (κ2) is 7.73. The molecule has 1 aliphatic rings. The molecule has 118 valence electrons. The average molecular weight is 303 g/mol. The Hall–Kier alpha value is -2.17. The van der Waals surface area contributed by atoms with Crippen molar-refractivity contribution < 1.29 is 19.1 Å². The Morgan fingerprint density at radius 2 is 2.00 bits per heavy atom. The lowest BCUT2D eigenvalue weighted by Crippen LogP contribution is -2.35. The van der Waals surface area contributed by atoms with E-state index < -0.39 is 0 Å². The number of Topliss-reactive ketones (excluding diaryl/α,β-unsaturated/α-hetero) is 1. The molecule has 1 saturated carbocycles. The summed E-state index contributed by atoms with van der Waals surface area (Å²) in [5.74, 6) is -0.243. The first-order chi connectivity index (χ1) is 10.5. The Labute approximate surface area is 130 Å². The fourth-order valence-corrected chi connectivity index (χ4v) is 2.71. The molecular formula is C17H21NO4. The molecule has 5 nitrogen and oxygen atoms in total. The van der Waals surface area contributed by atoms with Gasteiger partial charge in [-0.1, -0.05) is 30.3 Å². The molecule has 0 saturated heterocycles. The lowest BCUT2D eigenvalue weighted by Gasteiger charge is -2.10. The molecule has 0 aromatic heterocycles. The summed E-state index contributed by atoms with van der Waals surface area (Å²) in [7, 11) is 0. The van der Waals surface area contributed by atoms with Crippen molar-refractivity contribution >= 4 is 17.7 Å². The summed E-state index contributed by atoms with van der Waals surface area (Å²) in [6, 6.07) is 9.13. The van der Waals surface area contributed by atoms with Crippen LogP contribution in [0.15, 0.2) is 30.3 Å². The number of nitrogens with one attached hydrogen (secondary N) is 1. The van der Waals surface area contributed by atoms with Gasteiger partial charge in [-0.3, -0.25) is 14.4 Å². The molecule has 2 rings (SSSR count). The molecule has 0 bridgehead atoms. The van der Waals surface area contributed by atoms with E-state index in [4.69, 9.17) is 4.74 Å². The van der Waals surface area contributed by atoms with Crippen LogP contribution >= 0.6 is 0 Å². The Bertz CT molecular complexity index is 541. The van der Waals surface area contributed by atoms with Gasteiger partial charge in [-0.25, -0.2) is 0 Å². The lowest BCUT2D eigenvalue weighted by atomic mass is 10.0. The average Bonchev–Trinajstić information content (AvgIpc) is 2.83. The Kier molecular flexibility index (Phi) is 5.69. The number of ketones is 1. The van der Waals surface area contributed by atoms with Crippen LogP contribution in [0.3, 0.4) is 0 Å². The predicted molar refractivity (Wildman–Crippen MR) is 80.8 cm³/mol. The summed E-state index contributed by atoms with van der Waals surface area (Å²) in [6.07, 6.45) is 1.97. The summed E-state index contributed by atoms with van der Waals surface area (Å²) >= 11 is 0. The van der Waals surface area contributed by atoms with Crippen molar-refractivity contribution in [2.24, 2.45) is 5.92 Å². The fourth-order valence-electron chi connectivity index (χ4n) is 2.71. The first-order valence-electron chi connectivity index (χ1n) is 7.54. The molecule has 0 aliphatic heterocycles. The Morgan fingerprint density at radius 3 is 2.68 bits per heavy atom. The maximum absolute atomic E-state index is 11.7. The molecule has 1 N–H and O–H groups in total. The third-order valence-electron chi connectivity index (χ3n) is 3.82. The van der Waals surface area contributed by atoms with Crippen LogP contribution in [0.4, 0.5) is 0 Å². The van der Waals surface area contributed by atoms with Crippen LogP contribution in [0.1, 0.15) is 38.2 Å². The number of benzene rings is 1. The smallest absolute Gasteiger partial charge is 0.306 e. The maximum Gasteiger partial charge on any atom is 0.306 e. The van der Waals surface area contributed by atoms with Crippen molar-refractivity contribution in [3.8, 4) is 0 Å². The molecular weight excluding hydrogens is 282 g/mol. The molecule has 22 heavy (non-hydrogen) atoms. The first-order valence-corrected chi connectivity index (χ1v) is 7.54. The Morgan fingerprint density at radius 1 is 1.27 bits per heavy atom. The van der Waals surface area contributed by atoms with Crippen LogP contribution in [-0.2, 0) is 25.7 Å². The zero-order valence-electron chi connectivity index (χ0n) is 12.7. The van der Waals surface area contributed by atoms with Crippen LogP contribution in [0.5, 0.6) is 0 Å². The number of esters is 1. The molecule has 2 unspecified atom stereocenters. The van der Waals surface area contributed by atoms with Crippen LogP contribution in [0.25, 0.3) is 0 Å². The van der Waals surface area contributed by atoms with Crippen molar-refractivity contribution in [3.05, 3.63) is 35.9 Å². The molecule has 2 atom stereocenters. The van der Waals surface area contributed by atoms with Gasteiger partial charge in [0.25, 0.3) is 0 Å². The fraction of sp³-hybridized carbons (Fsp3) is 0.471. The number of amides is 1. The van der Waals surface area contributed by atoms with Gasteiger partial charge in [0.15, 0.2) is 5.78 Å². The summed E-state index contributed by atoms with van der Waals surface area (Å²) < 4.78 is 5.21. The minimum atomic E-state index is -0.386. The van der Waals surface area contributed by atoms with Crippen molar-refractivity contribution in [1.82, 2.24) is 5.32 Å². The summed E-state index contributed by atoms with van der Waals surface area (Å²) in [4.78, 5) is 34.5. The van der Waals surface area contributed by atoms with Crippen molar-refractivity contribution in [2.75, 3.05) is 0 Å². The van der Waals surface area contributed by atoms with Gasteiger partial charge in [0.2, 0.25) is 5.91 Å². The predicted octanol–water partition coefficient (Wildman–Crippen LogP) is 1.99. The van der Waals surface area contributed by atoms with Crippen molar-refractivity contribution in [2.45, 2.75) is 45.3 Å². The second-order valence-corrected chi connectivity index (χ2v) is 5.71. The molecule has 0 heterocycles. The Balaban J connectivity index is 1.68.